The van der Waals surface area contributed by atoms with Gasteiger partial charge in [0.05, 0.1) is 32.4 Å². The van der Waals surface area contributed by atoms with Crippen LogP contribution in [0.2, 0.25) is 0 Å². The highest BCUT2D eigenvalue weighted by molar-refractivity contribution is 6.00. The van der Waals surface area contributed by atoms with Crippen molar-refractivity contribution in [3.63, 3.8) is 0 Å². The van der Waals surface area contributed by atoms with Crippen LogP contribution >= 0.6 is 0 Å². The maximum absolute atomic E-state index is 12.3. The number of anilines is 2. The van der Waals surface area contributed by atoms with E-state index < -0.39 is 0 Å². The minimum atomic E-state index is -0.364. The topological polar surface area (TPSA) is 79.9 Å². The average Bonchev–Trinajstić information content (AvgIpc) is 2.70. The Hall–Kier alpha value is -3.06. The van der Waals surface area contributed by atoms with E-state index in [1.54, 1.807) is 31.4 Å². The number of amides is 3. The third-order valence-electron chi connectivity index (χ3n) is 4.29. The fraction of sp³-hybridized carbons (Fsp3) is 0.300. The van der Waals surface area contributed by atoms with Gasteiger partial charge in [-0.2, -0.15) is 0 Å². The second-order valence-electron chi connectivity index (χ2n) is 6.15. The number of para-hydroxylation sites is 2. The molecule has 1 fully saturated rings. The highest BCUT2D eigenvalue weighted by Gasteiger charge is 2.17. The number of hydrogen-bond donors (Lipinski definition) is 2. The molecule has 2 aromatic rings. The molecule has 3 rings (SSSR count). The third-order valence-corrected chi connectivity index (χ3v) is 4.29. The van der Waals surface area contributed by atoms with Gasteiger partial charge >= 0.3 is 6.03 Å². The van der Waals surface area contributed by atoms with Gasteiger partial charge in [0.25, 0.3) is 0 Å². The van der Waals surface area contributed by atoms with Crippen LogP contribution in [0.25, 0.3) is 0 Å². The first-order valence-electron chi connectivity index (χ1n) is 8.81. The molecule has 0 spiro atoms. The summed E-state index contributed by atoms with van der Waals surface area (Å²) in [6.45, 7) is 2.47. The second kappa shape index (κ2) is 9.05. The molecule has 1 heterocycles. The summed E-state index contributed by atoms with van der Waals surface area (Å²) in [5.41, 5.74) is 2.14. The lowest BCUT2D eigenvalue weighted by atomic mass is 10.1. The molecule has 2 aromatic carbocycles. The van der Waals surface area contributed by atoms with Gasteiger partial charge in [0.2, 0.25) is 5.91 Å². The molecule has 0 saturated carbocycles. The summed E-state index contributed by atoms with van der Waals surface area (Å²) in [4.78, 5) is 26.3. The van der Waals surface area contributed by atoms with Crippen LogP contribution in [0, 0.1) is 0 Å². The van der Waals surface area contributed by atoms with Crippen molar-refractivity contribution in [1.82, 2.24) is 4.90 Å². The van der Waals surface area contributed by atoms with Crippen LogP contribution in [-0.4, -0.2) is 50.3 Å². The number of ether oxygens (including phenoxy) is 2. The molecule has 0 radical (unpaired) electrons. The Balaban J connectivity index is 1.54. The van der Waals surface area contributed by atoms with Crippen molar-refractivity contribution in [2.24, 2.45) is 0 Å². The molecule has 1 saturated heterocycles. The number of nitrogens with zero attached hydrogens (tertiary/aromatic N) is 1. The molecule has 1 aliphatic heterocycles. The summed E-state index contributed by atoms with van der Waals surface area (Å²) in [7, 11) is 1.55. The third kappa shape index (κ3) is 5.21. The van der Waals surface area contributed by atoms with E-state index in [1.807, 2.05) is 29.2 Å². The van der Waals surface area contributed by atoms with Gasteiger partial charge in [-0.05, 0) is 29.8 Å². The number of carbonyl (C=O) groups excluding carboxylic acids is 2. The molecule has 2 N–H and O–H groups in total. The van der Waals surface area contributed by atoms with Crippen molar-refractivity contribution in [3.05, 3.63) is 54.1 Å². The number of nitrogens with one attached hydrogen (secondary N) is 2. The molecule has 7 heteroatoms. The van der Waals surface area contributed by atoms with Gasteiger partial charge in [0.15, 0.2) is 0 Å². The molecule has 1 aliphatic rings. The second-order valence-corrected chi connectivity index (χ2v) is 6.15. The Bertz CT molecular complexity index is 786. The van der Waals surface area contributed by atoms with Gasteiger partial charge in [-0.15, -0.1) is 0 Å². The van der Waals surface area contributed by atoms with Crippen LogP contribution < -0.4 is 15.4 Å². The van der Waals surface area contributed by atoms with Gasteiger partial charge in [-0.25, -0.2) is 4.79 Å². The maximum Gasteiger partial charge on any atom is 0.323 e. The van der Waals surface area contributed by atoms with Crippen LogP contribution in [-0.2, 0) is 16.0 Å². The van der Waals surface area contributed by atoms with Gasteiger partial charge in [-0.3, -0.25) is 4.79 Å². The largest absolute Gasteiger partial charge is 0.495 e. The predicted molar refractivity (Wildman–Crippen MR) is 103 cm³/mol. The first-order chi connectivity index (χ1) is 13.2. The van der Waals surface area contributed by atoms with Crippen molar-refractivity contribution in [1.29, 1.82) is 0 Å². The summed E-state index contributed by atoms with van der Waals surface area (Å²) in [5.74, 6) is 0.678. The Labute approximate surface area is 158 Å². The molecule has 0 unspecified atom stereocenters. The lowest BCUT2D eigenvalue weighted by Crippen LogP contribution is -2.41. The van der Waals surface area contributed by atoms with Gasteiger partial charge in [-0.1, -0.05) is 24.3 Å². The Morgan fingerprint density at radius 2 is 1.74 bits per heavy atom. The zero-order valence-corrected chi connectivity index (χ0v) is 15.2. The molecular weight excluding hydrogens is 346 g/mol. The summed E-state index contributed by atoms with van der Waals surface area (Å²) < 4.78 is 10.5. The number of hydrogen-bond acceptors (Lipinski definition) is 4. The smallest absolute Gasteiger partial charge is 0.323 e. The molecule has 3 amide bonds. The van der Waals surface area contributed by atoms with Crippen LogP contribution in [0.5, 0.6) is 5.75 Å². The molecule has 0 atom stereocenters. The lowest BCUT2D eigenvalue weighted by Gasteiger charge is -2.26. The minimum Gasteiger partial charge on any atom is -0.495 e. The molecule has 0 bridgehead atoms. The standard InChI is InChI=1S/C20H23N3O4/c1-26-18-5-3-2-4-17(18)22-20(25)21-16-8-6-15(7-9-16)14-19(24)23-10-12-27-13-11-23/h2-9H,10-14H2,1H3,(H2,21,22,25). The van der Waals surface area contributed by atoms with E-state index in [4.69, 9.17) is 9.47 Å². The first-order valence-corrected chi connectivity index (χ1v) is 8.81. The predicted octanol–water partition coefficient (Wildman–Crippen LogP) is 2.74. The van der Waals surface area contributed by atoms with Crippen molar-refractivity contribution in [3.8, 4) is 5.75 Å². The van der Waals surface area contributed by atoms with Crippen molar-refractivity contribution >= 4 is 23.3 Å². The summed E-state index contributed by atoms with van der Waals surface area (Å²) >= 11 is 0. The zero-order chi connectivity index (χ0) is 19.1. The van der Waals surface area contributed by atoms with Crippen molar-refractivity contribution in [2.45, 2.75) is 6.42 Å². The molecule has 142 valence electrons. The quantitative estimate of drug-likeness (QED) is 0.849. The Morgan fingerprint density at radius 3 is 2.44 bits per heavy atom. The highest BCUT2D eigenvalue weighted by atomic mass is 16.5. The molecule has 27 heavy (non-hydrogen) atoms. The fourth-order valence-electron chi connectivity index (χ4n) is 2.84. The van der Waals surface area contributed by atoms with E-state index in [9.17, 15) is 9.59 Å². The number of urea groups is 1. The van der Waals surface area contributed by atoms with Gasteiger partial charge in [0, 0.05) is 18.8 Å². The number of benzene rings is 2. The number of methoxy groups -OCH3 is 1. The lowest BCUT2D eigenvalue weighted by molar-refractivity contribution is -0.134. The first kappa shape index (κ1) is 18.7. The summed E-state index contributed by atoms with van der Waals surface area (Å²) in [6, 6.07) is 14.1. The maximum atomic E-state index is 12.3. The van der Waals surface area contributed by atoms with E-state index >= 15 is 0 Å². The van der Waals surface area contributed by atoms with E-state index in [2.05, 4.69) is 10.6 Å². The Morgan fingerprint density at radius 1 is 1.04 bits per heavy atom. The van der Waals surface area contributed by atoms with E-state index in [1.165, 1.54) is 0 Å². The number of carbonyl (C=O) groups is 2. The highest BCUT2D eigenvalue weighted by Crippen LogP contribution is 2.23. The zero-order valence-electron chi connectivity index (χ0n) is 15.2. The van der Waals surface area contributed by atoms with Crippen molar-refractivity contribution in [2.75, 3.05) is 44.0 Å². The van der Waals surface area contributed by atoms with Crippen LogP contribution in [0.4, 0.5) is 16.2 Å². The van der Waals surface area contributed by atoms with E-state index in [0.29, 0.717) is 49.8 Å². The monoisotopic (exact) mass is 369 g/mol. The van der Waals surface area contributed by atoms with Crippen LogP contribution in [0.1, 0.15) is 5.56 Å². The normalized spacial score (nSPS) is 13.7. The minimum absolute atomic E-state index is 0.0907. The average molecular weight is 369 g/mol. The van der Waals surface area contributed by atoms with Crippen LogP contribution in [0.15, 0.2) is 48.5 Å². The fourth-order valence-corrected chi connectivity index (χ4v) is 2.84. The summed E-state index contributed by atoms with van der Waals surface area (Å²) in [6.07, 6.45) is 0.341. The Kier molecular flexibility index (Phi) is 6.27. The molecular formula is C20H23N3O4. The van der Waals surface area contributed by atoms with Gasteiger partial charge in [0.1, 0.15) is 5.75 Å². The number of rotatable bonds is 5. The van der Waals surface area contributed by atoms with E-state index in [0.717, 1.165) is 5.56 Å². The van der Waals surface area contributed by atoms with Gasteiger partial charge < -0.3 is 25.0 Å². The molecule has 0 aliphatic carbocycles. The van der Waals surface area contributed by atoms with E-state index in [-0.39, 0.29) is 11.9 Å². The molecule has 7 nitrogen and oxygen atoms in total. The molecule has 0 aromatic heterocycles. The summed E-state index contributed by atoms with van der Waals surface area (Å²) in [5, 5.41) is 5.52. The van der Waals surface area contributed by atoms with Crippen molar-refractivity contribution < 1.29 is 19.1 Å². The SMILES string of the molecule is COc1ccccc1NC(=O)Nc1ccc(CC(=O)N2CCOCC2)cc1. The van der Waals surface area contributed by atoms with Crippen LogP contribution in [0.3, 0.4) is 0 Å². The number of morpholine rings is 1.